The second kappa shape index (κ2) is 3.93. The van der Waals surface area contributed by atoms with Gasteiger partial charge in [0.25, 0.3) is 0 Å². The molecule has 4 heteroatoms. The maximum absolute atomic E-state index is 13.4. The van der Waals surface area contributed by atoms with Gasteiger partial charge in [0.2, 0.25) is 0 Å². The average molecular weight is 326 g/mol. The monoisotopic (exact) mass is 326 g/mol. The first-order valence-corrected chi connectivity index (χ1v) is 8.78. The number of rotatable bonds is 1. The first-order valence-electron chi connectivity index (χ1n) is 8.78. The van der Waals surface area contributed by atoms with Gasteiger partial charge < -0.3 is 9.47 Å². The van der Waals surface area contributed by atoms with E-state index >= 15 is 0 Å². The van der Waals surface area contributed by atoms with Crippen molar-refractivity contribution in [2.75, 3.05) is 0 Å². The Morgan fingerprint density at radius 2 is 2.04 bits per heavy atom. The van der Waals surface area contributed by atoms with Crippen LogP contribution >= 0.6 is 0 Å². The molecule has 4 nitrogen and oxygen atoms in total. The molecule has 3 fully saturated rings. The Morgan fingerprint density at radius 1 is 1.29 bits per heavy atom. The number of hydrogen-bond acceptors (Lipinski definition) is 4. The number of hydrogen-bond donors (Lipinski definition) is 0. The van der Waals surface area contributed by atoms with E-state index in [-0.39, 0.29) is 29.7 Å². The van der Waals surface area contributed by atoms with Crippen molar-refractivity contribution in [3.8, 4) is 0 Å². The summed E-state index contributed by atoms with van der Waals surface area (Å²) in [6.07, 6.45) is 6.01. The predicted octanol–water partition coefficient (Wildman–Crippen LogP) is 2.89. The van der Waals surface area contributed by atoms with Gasteiger partial charge in [-0.05, 0) is 51.3 Å². The van der Waals surface area contributed by atoms with Gasteiger partial charge in [0, 0.05) is 12.3 Å². The lowest BCUT2D eigenvalue weighted by Gasteiger charge is -2.43. The quantitative estimate of drug-likeness (QED) is 0.549. The molecule has 3 unspecified atom stereocenters. The summed E-state index contributed by atoms with van der Waals surface area (Å²) in [5, 5.41) is 0. The molecule has 5 rings (SSSR count). The maximum atomic E-state index is 13.4. The summed E-state index contributed by atoms with van der Waals surface area (Å²) in [5.41, 5.74) is 0.104. The van der Waals surface area contributed by atoms with Crippen LogP contribution in [0.25, 0.3) is 0 Å². The lowest BCUT2D eigenvalue weighted by molar-refractivity contribution is -0.177. The van der Waals surface area contributed by atoms with Crippen molar-refractivity contribution in [1.29, 1.82) is 0 Å². The van der Waals surface area contributed by atoms with Crippen LogP contribution in [0, 0.1) is 17.3 Å². The van der Waals surface area contributed by atoms with Gasteiger partial charge in [-0.15, -0.1) is 0 Å². The molecule has 5 aliphatic rings. The van der Waals surface area contributed by atoms with Gasteiger partial charge in [0.05, 0.1) is 5.92 Å². The maximum Gasteiger partial charge on any atom is 0.316 e. The fourth-order valence-corrected chi connectivity index (χ4v) is 6.55. The molecular formula is C20H22O4. The van der Waals surface area contributed by atoms with Crippen molar-refractivity contribution in [3.63, 3.8) is 0 Å². The third-order valence-corrected chi connectivity index (χ3v) is 7.06. The summed E-state index contributed by atoms with van der Waals surface area (Å²) in [4.78, 5) is 26.5. The zero-order valence-corrected chi connectivity index (χ0v) is 14.3. The summed E-state index contributed by atoms with van der Waals surface area (Å²) >= 11 is 0. The van der Waals surface area contributed by atoms with Gasteiger partial charge in [-0.2, -0.15) is 0 Å². The summed E-state index contributed by atoms with van der Waals surface area (Å²) in [5.74, 6) is -0.512. The molecule has 0 aromatic carbocycles. The van der Waals surface area contributed by atoms with Crippen LogP contribution in [-0.4, -0.2) is 29.1 Å². The molecule has 2 saturated heterocycles. The van der Waals surface area contributed by atoms with E-state index in [9.17, 15) is 9.59 Å². The molecule has 0 radical (unpaired) electrons. The van der Waals surface area contributed by atoms with Gasteiger partial charge in [-0.3, -0.25) is 9.59 Å². The van der Waals surface area contributed by atoms with Gasteiger partial charge in [0.15, 0.2) is 11.4 Å². The van der Waals surface area contributed by atoms with Crippen molar-refractivity contribution in [2.24, 2.45) is 17.3 Å². The first kappa shape index (κ1) is 14.6. The van der Waals surface area contributed by atoms with Gasteiger partial charge in [0.1, 0.15) is 17.1 Å². The summed E-state index contributed by atoms with van der Waals surface area (Å²) < 4.78 is 12.5. The van der Waals surface area contributed by atoms with E-state index in [2.05, 4.69) is 12.7 Å². The summed E-state index contributed by atoms with van der Waals surface area (Å²) in [7, 11) is 0. The Balaban J connectivity index is 1.88. The number of ether oxygens (including phenoxy) is 2. The van der Waals surface area contributed by atoms with E-state index in [4.69, 9.17) is 9.47 Å². The molecule has 2 aliphatic carbocycles. The van der Waals surface area contributed by atoms with Gasteiger partial charge in [-0.25, -0.2) is 0 Å². The van der Waals surface area contributed by atoms with Crippen LogP contribution in [0.5, 0.6) is 0 Å². The topological polar surface area (TPSA) is 52.6 Å². The Hall–Kier alpha value is -1.68. The molecule has 3 heterocycles. The van der Waals surface area contributed by atoms with E-state index in [1.54, 1.807) is 0 Å². The standard InChI is InChI=1S/C20H22O4/c1-10(2)13-5-6-19-15-14(23-17(19)22)7-11(3)8-18(15)9-12(4)16(21)20(13,19)24-18/h8-9,13-15H,1,5-7H2,2-4H3/t13?,14-,15?,18+,19?,20-/m0/s1. The van der Waals surface area contributed by atoms with Crippen molar-refractivity contribution >= 4 is 11.8 Å². The van der Waals surface area contributed by atoms with Crippen molar-refractivity contribution in [3.05, 3.63) is 35.5 Å². The van der Waals surface area contributed by atoms with Gasteiger partial charge >= 0.3 is 5.97 Å². The largest absolute Gasteiger partial charge is 0.461 e. The third-order valence-electron chi connectivity index (χ3n) is 7.06. The number of ketones is 1. The second-order valence-electron chi connectivity index (χ2n) is 8.37. The molecule has 0 N–H and O–H groups in total. The van der Waals surface area contributed by atoms with E-state index < -0.39 is 16.6 Å². The van der Waals surface area contributed by atoms with Crippen LogP contribution in [0.4, 0.5) is 0 Å². The Labute approximate surface area is 141 Å². The average Bonchev–Trinajstić information content (AvgIpc) is 3.01. The molecule has 2 bridgehead atoms. The fraction of sp³-hybridized carbons (Fsp3) is 0.600. The summed E-state index contributed by atoms with van der Waals surface area (Å²) in [6.45, 7) is 9.96. The summed E-state index contributed by atoms with van der Waals surface area (Å²) in [6, 6.07) is 0. The minimum atomic E-state index is -1.13. The van der Waals surface area contributed by atoms with Gasteiger partial charge in [-0.1, -0.05) is 17.7 Å². The van der Waals surface area contributed by atoms with E-state index in [1.165, 1.54) is 0 Å². The van der Waals surface area contributed by atoms with Crippen molar-refractivity contribution in [1.82, 2.24) is 0 Å². The third kappa shape index (κ3) is 1.21. The first-order chi connectivity index (χ1) is 11.3. The zero-order valence-electron chi connectivity index (χ0n) is 14.3. The molecule has 3 spiro atoms. The number of carbonyl (C=O) groups excluding carboxylic acids is 2. The lowest BCUT2D eigenvalue weighted by atomic mass is 9.60. The number of Topliss-reactive ketones (excluding diaryl/α,β-unsaturated/α-hetero) is 1. The Kier molecular flexibility index (Phi) is 2.40. The molecule has 126 valence electrons. The minimum Gasteiger partial charge on any atom is -0.461 e. The highest BCUT2D eigenvalue weighted by molar-refractivity contribution is 6.09. The van der Waals surface area contributed by atoms with Crippen LogP contribution in [0.2, 0.25) is 0 Å². The molecule has 3 aliphatic heterocycles. The highest BCUT2D eigenvalue weighted by atomic mass is 16.6. The highest BCUT2D eigenvalue weighted by Gasteiger charge is 2.86. The van der Waals surface area contributed by atoms with E-state index in [0.29, 0.717) is 12.0 Å². The molecule has 0 aromatic heterocycles. The highest BCUT2D eigenvalue weighted by Crippen LogP contribution is 2.74. The molecular weight excluding hydrogens is 304 g/mol. The van der Waals surface area contributed by atoms with Crippen LogP contribution in [0.1, 0.15) is 40.0 Å². The number of esters is 1. The van der Waals surface area contributed by atoms with Crippen LogP contribution in [0.3, 0.4) is 0 Å². The van der Waals surface area contributed by atoms with E-state index in [0.717, 1.165) is 24.0 Å². The predicted molar refractivity (Wildman–Crippen MR) is 87.0 cm³/mol. The van der Waals surface area contributed by atoms with Crippen molar-refractivity contribution < 1.29 is 19.1 Å². The lowest BCUT2D eigenvalue weighted by Crippen LogP contribution is -2.57. The zero-order chi connectivity index (χ0) is 17.1. The smallest absolute Gasteiger partial charge is 0.316 e. The molecule has 1 saturated carbocycles. The van der Waals surface area contributed by atoms with Crippen LogP contribution < -0.4 is 0 Å². The van der Waals surface area contributed by atoms with Crippen molar-refractivity contribution in [2.45, 2.75) is 57.3 Å². The molecule has 0 amide bonds. The molecule has 6 atom stereocenters. The molecule has 0 aromatic rings. The Bertz CT molecular complexity index is 789. The minimum absolute atomic E-state index is 0.0447. The van der Waals surface area contributed by atoms with E-state index in [1.807, 2.05) is 26.8 Å². The fourth-order valence-electron chi connectivity index (χ4n) is 6.55. The van der Waals surface area contributed by atoms with Crippen LogP contribution in [0.15, 0.2) is 35.5 Å². The normalized spacial score (nSPS) is 50.9. The SMILES string of the molecule is C=C(C)C1CCC23C(=O)O[C@H]4CC(C)=C[C@@]5(C=C(C)C(=O)[C@@]12O5)C43. The van der Waals surface area contributed by atoms with Crippen LogP contribution in [-0.2, 0) is 19.1 Å². The molecule has 24 heavy (non-hydrogen) atoms. The second-order valence-corrected chi connectivity index (χ2v) is 8.37. The number of carbonyl (C=O) groups is 2. The Morgan fingerprint density at radius 3 is 2.75 bits per heavy atom.